The van der Waals surface area contributed by atoms with E-state index in [-0.39, 0.29) is 0 Å². The van der Waals surface area contributed by atoms with Gasteiger partial charge in [0.15, 0.2) is 0 Å². The number of allylic oxidation sites excluding steroid dienone is 2. The van der Waals surface area contributed by atoms with E-state index < -0.39 is 0 Å². The highest BCUT2D eigenvalue weighted by Gasteiger charge is 2.42. The molecule has 0 aliphatic heterocycles. The second-order valence-electron chi connectivity index (χ2n) is 3.32. The SMILES string of the molecule is CCC1CC2C=CC1C2=O. The van der Waals surface area contributed by atoms with Crippen molar-refractivity contribution in [2.45, 2.75) is 19.8 Å². The van der Waals surface area contributed by atoms with E-state index in [0.29, 0.717) is 23.5 Å². The molecule has 0 heterocycles. The first-order valence-corrected chi connectivity index (χ1v) is 4.05. The molecule has 0 saturated heterocycles. The Labute approximate surface area is 61.1 Å². The van der Waals surface area contributed by atoms with E-state index in [1.165, 1.54) is 0 Å². The van der Waals surface area contributed by atoms with Gasteiger partial charge in [0.2, 0.25) is 0 Å². The predicted octanol–water partition coefficient (Wildman–Crippen LogP) is 1.79. The number of carbonyl (C=O) groups excluding carboxylic acids is 1. The van der Waals surface area contributed by atoms with Gasteiger partial charge < -0.3 is 0 Å². The van der Waals surface area contributed by atoms with Gasteiger partial charge in [-0.15, -0.1) is 0 Å². The van der Waals surface area contributed by atoms with Crippen LogP contribution in [-0.2, 0) is 4.79 Å². The second kappa shape index (κ2) is 1.94. The van der Waals surface area contributed by atoms with Crippen LogP contribution in [0.5, 0.6) is 0 Å². The number of ketones is 1. The van der Waals surface area contributed by atoms with Crippen molar-refractivity contribution in [2.75, 3.05) is 0 Å². The molecular weight excluding hydrogens is 124 g/mol. The quantitative estimate of drug-likeness (QED) is 0.502. The third-order valence-electron chi connectivity index (χ3n) is 2.83. The summed E-state index contributed by atoms with van der Waals surface area (Å²) in [7, 11) is 0. The van der Waals surface area contributed by atoms with Crippen molar-refractivity contribution < 1.29 is 4.79 Å². The first-order chi connectivity index (χ1) is 4.83. The first-order valence-electron chi connectivity index (χ1n) is 4.05. The molecule has 1 nitrogen and oxygen atoms in total. The van der Waals surface area contributed by atoms with Crippen LogP contribution in [0, 0.1) is 17.8 Å². The molecule has 0 aromatic rings. The van der Waals surface area contributed by atoms with Crippen molar-refractivity contribution in [1.82, 2.24) is 0 Å². The molecule has 0 aromatic carbocycles. The largest absolute Gasteiger partial charge is 0.298 e. The molecule has 0 aromatic heterocycles. The van der Waals surface area contributed by atoms with E-state index in [2.05, 4.69) is 19.1 Å². The Kier molecular flexibility index (Phi) is 1.19. The van der Waals surface area contributed by atoms with Gasteiger partial charge in [0.25, 0.3) is 0 Å². The van der Waals surface area contributed by atoms with Crippen molar-refractivity contribution in [1.29, 1.82) is 0 Å². The summed E-state index contributed by atoms with van der Waals surface area (Å²) in [4.78, 5) is 11.3. The fraction of sp³-hybridized carbons (Fsp3) is 0.667. The summed E-state index contributed by atoms with van der Waals surface area (Å²) in [5.74, 6) is 1.75. The van der Waals surface area contributed by atoms with Crippen molar-refractivity contribution in [3.8, 4) is 0 Å². The summed E-state index contributed by atoms with van der Waals surface area (Å²) in [5.41, 5.74) is 0. The molecule has 2 aliphatic carbocycles. The van der Waals surface area contributed by atoms with Crippen LogP contribution in [0.15, 0.2) is 12.2 Å². The summed E-state index contributed by atoms with van der Waals surface area (Å²) in [6.45, 7) is 2.17. The summed E-state index contributed by atoms with van der Waals surface area (Å²) >= 11 is 0. The highest BCUT2D eigenvalue weighted by Crippen LogP contribution is 2.41. The number of hydrogen-bond donors (Lipinski definition) is 0. The lowest BCUT2D eigenvalue weighted by Gasteiger charge is -2.12. The molecule has 3 unspecified atom stereocenters. The van der Waals surface area contributed by atoms with E-state index in [0.717, 1.165) is 12.8 Å². The fourth-order valence-corrected chi connectivity index (χ4v) is 2.17. The van der Waals surface area contributed by atoms with E-state index in [1.807, 2.05) is 0 Å². The molecular formula is C9H12O. The van der Waals surface area contributed by atoms with E-state index in [1.54, 1.807) is 0 Å². The molecule has 54 valence electrons. The van der Waals surface area contributed by atoms with Crippen LogP contribution in [-0.4, -0.2) is 5.78 Å². The molecule has 3 atom stereocenters. The normalized spacial score (nSPS) is 43.3. The summed E-state index contributed by atoms with van der Waals surface area (Å²) in [6.07, 6.45) is 6.47. The Bertz CT molecular complexity index is 193. The lowest BCUT2D eigenvalue weighted by atomic mass is 9.91. The van der Waals surface area contributed by atoms with Gasteiger partial charge in [-0.25, -0.2) is 0 Å². The van der Waals surface area contributed by atoms with Gasteiger partial charge in [-0.05, 0) is 12.3 Å². The minimum atomic E-state index is 0.301. The molecule has 0 radical (unpaired) electrons. The second-order valence-corrected chi connectivity index (χ2v) is 3.32. The van der Waals surface area contributed by atoms with E-state index in [9.17, 15) is 4.79 Å². The molecule has 0 amide bonds. The average Bonchev–Trinajstić information content (AvgIpc) is 2.46. The van der Waals surface area contributed by atoms with Crippen molar-refractivity contribution in [3.05, 3.63) is 12.2 Å². The van der Waals surface area contributed by atoms with Gasteiger partial charge in [0.1, 0.15) is 5.78 Å². The van der Waals surface area contributed by atoms with Crippen molar-refractivity contribution >= 4 is 5.78 Å². The Morgan fingerprint density at radius 1 is 1.60 bits per heavy atom. The van der Waals surface area contributed by atoms with Crippen LogP contribution < -0.4 is 0 Å². The highest BCUT2D eigenvalue weighted by atomic mass is 16.1. The van der Waals surface area contributed by atoms with Gasteiger partial charge in [0.05, 0.1) is 0 Å². The predicted molar refractivity (Wildman–Crippen MR) is 39.5 cm³/mol. The number of carbonyl (C=O) groups is 1. The lowest BCUT2D eigenvalue weighted by Crippen LogP contribution is -2.09. The summed E-state index contributed by atoms with van der Waals surface area (Å²) in [6, 6.07) is 0. The van der Waals surface area contributed by atoms with Gasteiger partial charge in [-0.2, -0.15) is 0 Å². The van der Waals surface area contributed by atoms with Crippen LogP contribution in [0.3, 0.4) is 0 Å². The Morgan fingerprint density at radius 2 is 2.40 bits per heavy atom. The number of fused-ring (bicyclic) bond motifs is 2. The molecule has 0 spiro atoms. The van der Waals surface area contributed by atoms with Gasteiger partial charge in [0, 0.05) is 11.8 Å². The van der Waals surface area contributed by atoms with E-state index >= 15 is 0 Å². The summed E-state index contributed by atoms with van der Waals surface area (Å²) in [5, 5.41) is 0. The Morgan fingerprint density at radius 3 is 2.70 bits per heavy atom. The number of rotatable bonds is 1. The molecule has 2 aliphatic rings. The van der Waals surface area contributed by atoms with Crippen LogP contribution in [0.2, 0.25) is 0 Å². The highest BCUT2D eigenvalue weighted by molar-refractivity contribution is 5.91. The minimum Gasteiger partial charge on any atom is -0.298 e. The fourth-order valence-electron chi connectivity index (χ4n) is 2.17. The van der Waals surface area contributed by atoms with Crippen LogP contribution in [0.25, 0.3) is 0 Å². The molecule has 10 heavy (non-hydrogen) atoms. The monoisotopic (exact) mass is 136 g/mol. The van der Waals surface area contributed by atoms with E-state index in [4.69, 9.17) is 0 Å². The number of hydrogen-bond acceptors (Lipinski definition) is 1. The average molecular weight is 136 g/mol. The Balaban J connectivity index is 2.23. The van der Waals surface area contributed by atoms with Gasteiger partial charge in [-0.1, -0.05) is 25.5 Å². The maximum Gasteiger partial charge on any atom is 0.146 e. The topological polar surface area (TPSA) is 17.1 Å². The zero-order valence-corrected chi connectivity index (χ0v) is 6.21. The minimum absolute atomic E-state index is 0.301. The molecule has 0 N–H and O–H groups in total. The summed E-state index contributed by atoms with van der Waals surface area (Å²) < 4.78 is 0. The lowest BCUT2D eigenvalue weighted by molar-refractivity contribution is -0.121. The molecule has 2 rings (SSSR count). The van der Waals surface area contributed by atoms with Gasteiger partial charge in [-0.3, -0.25) is 4.79 Å². The zero-order chi connectivity index (χ0) is 7.14. The van der Waals surface area contributed by atoms with Gasteiger partial charge >= 0.3 is 0 Å². The number of Topliss-reactive ketones (excluding diaryl/α,β-unsaturated/α-hetero) is 1. The first kappa shape index (κ1) is 6.14. The zero-order valence-electron chi connectivity index (χ0n) is 6.21. The van der Waals surface area contributed by atoms with Crippen molar-refractivity contribution in [2.24, 2.45) is 17.8 Å². The van der Waals surface area contributed by atoms with Crippen LogP contribution >= 0.6 is 0 Å². The van der Waals surface area contributed by atoms with Crippen molar-refractivity contribution in [3.63, 3.8) is 0 Å². The Hall–Kier alpha value is -0.590. The molecule has 1 fully saturated rings. The molecule has 2 bridgehead atoms. The maximum atomic E-state index is 11.3. The van der Waals surface area contributed by atoms with Crippen LogP contribution in [0.1, 0.15) is 19.8 Å². The van der Waals surface area contributed by atoms with Crippen LogP contribution in [0.4, 0.5) is 0 Å². The smallest absolute Gasteiger partial charge is 0.146 e. The maximum absolute atomic E-state index is 11.3. The molecule has 1 heteroatoms. The third kappa shape index (κ3) is 0.606. The molecule has 1 saturated carbocycles. The standard InChI is InChI=1S/C9H12O/c1-2-6-5-7-3-4-8(6)9(7)10/h3-4,6-8H,2,5H2,1H3. The third-order valence-corrected chi connectivity index (χ3v) is 2.83.